The summed E-state index contributed by atoms with van der Waals surface area (Å²) < 4.78 is 0. The summed E-state index contributed by atoms with van der Waals surface area (Å²) >= 11 is 0. The number of hydrogen-bond acceptors (Lipinski definition) is 1. The SMILES string of the molecule is CC(C)[C@@H](CN(C)C)C(C)(C)C. The van der Waals surface area contributed by atoms with Gasteiger partial charge >= 0.3 is 0 Å². The molecule has 0 bridgehead atoms. The molecule has 0 aliphatic rings. The van der Waals surface area contributed by atoms with Crippen molar-refractivity contribution >= 4 is 0 Å². The van der Waals surface area contributed by atoms with E-state index >= 15 is 0 Å². The third-order valence-corrected chi connectivity index (χ3v) is 2.48. The largest absolute Gasteiger partial charge is 0.309 e. The molecule has 0 spiro atoms. The minimum Gasteiger partial charge on any atom is -0.309 e. The molecule has 0 aliphatic heterocycles. The second kappa shape index (κ2) is 4.27. The van der Waals surface area contributed by atoms with Crippen LogP contribution in [0.4, 0.5) is 0 Å². The van der Waals surface area contributed by atoms with Crippen molar-refractivity contribution < 1.29 is 0 Å². The van der Waals surface area contributed by atoms with E-state index in [0.29, 0.717) is 5.41 Å². The molecule has 1 nitrogen and oxygen atoms in total. The van der Waals surface area contributed by atoms with E-state index < -0.39 is 0 Å². The fourth-order valence-corrected chi connectivity index (χ4v) is 1.88. The first-order valence-corrected chi connectivity index (χ1v) is 4.90. The Labute approximate surface area is 78.1 Å². The zero-order valence-electron chi connectivity index (χ0n) is 9.81. The van der Waals surface area contributed by atoms with Crippen LogP contribution in [-0.4, -0.2) is 25.5 Å². The van der Waals surface area contributed by atoms with Crippen LogP contribution in [-0.2, 0) is 0 Å². The highest BCUT2D eigenvalue weighted by Crippen LogP contribution is 2.32. The molecule has 0 saturated carbocycles. The van der Waals surface area contributed by atoms with Gasteiger partial charge in [-0.25, -0.2) is 0 Å². The predicted molar refractivity (Wildman–Crippen MR) is 56.3 cm³/mol. The van der Waals surface area contributed by atoms with Crippen molar-refractivity contribution in [3.8, 4) is 0 Å². The quantitative estimate of drug-likeness (QED) is 0.631. The molecule has 0 rings (SSSR count). The van der Waals surface area contributed by atoms with Gasteiger partial charge in [-0.05, 0) is 31.3 Å². The molecular formula is C11H25N. The predicted octanol–water partition coefficient (Wildman–Crippen LogP) is 2.87. The van der Waals surface area contributed by atoms with Crippen LogP contribution in [0.5, 0.6) is 0 Å². The number of rotatable bonds is 3. The van der Waals surface area contributed by atoms with Gasteiger partial charge < -0.3 is 4.90 Å². The highest BCUT2D eigenvalue weighted by molar-refractivity contribution is 4.78. The third kappa shape index (κ3) is 4.10. The molecule has 0 saturated heterocycles. The molecule has 74 valence electrons. The van der Waals surface area contributed by atoms with E-state index in [9.17, 15) is 0 Å². The van der Waals surface area contributed by atoms with Gasteiger partial charge in [0.25, 0.3) is 0 Å². The maximum absolute atomic E-state index is 2.33. The Morgan fingerprint density at radius 3 is 1.58 bits per heavy atom. The molecule has 0 amide bonds. The van der Waals surface area contributed by atoms with E-state index in [1.54, 1.807) is 0 Å². The first-order chi connectivity index (χ1) is 5.25. The van der Waals surface area contributed by atoms with Crippen molar-refractivity contribution in [3.05, 3.63) is 0 Å². The van der Waals surface area contributed by atoms with Gasteiger partial charge in [-0.15, -0.1) is 0 Å². The minimum absolute atomic E-state index is 0.429. The average molecular weight is 171 g/mol. The molecule has 0 N–H and O–H groups in total. The van der Waals surface area contributed by atoms with Gasteiger partial charge in [0.05, 0.1) is 0 Å². The minimum atomic E-state index is 0.429. The van der Waals surface area contributed by atoms with Gasteiger partial charge in [0, 0.05) is 6.54 Å². The van der Waals surface area contributed by atoms with Crippen molar-refractivity contribution in [2.24, 2.45) is 17.3 Å². The van der Waals surface area contributed by atoms with Crippen molar-refractivity contribution in [1.82, 2.24) is 4.90 Å². The molecule has 0 aromatic heterocycles. The van der Waals surface area contributed by atoms with Crippen LogP contribution in [0.2, 0.25) is 0 Å². The number of hydrogen-bond donors (Lipinski definition) is 0. The Balaban J connectivity index is 4.25. The summed E-state index contributed by atoms with van der Waals surface area (Å²) in [5, 5.41) is 0. The molecule has 0 aromatic rings. The highest BCUT2D eigenvalue weighted by atomic mass is 15.1. The summed E-state index contributed by atoms with van der Waals surface area (Å²) in [6.45, 7) is 12.8. The van der Waals surface area contributed by atoms with Gasteiger partial charge in [0.2, 0.25) is 0 Å². The van der Waals surface area contributed by atoms with Crippen molar-refractivity contribution in [3.63, 3.8) is 0 Å². The summed E-state index contributed by atoms with van der Waals surface area (Å²) in [5.41, 5.74) is 0.429. The molecule has 0 heterocycles. The molecule has 1 atom stereocenters. The van der Waals surface area contributed by atoms with Crippen molar-refractivity contribution in [2.45, 2.75) is 34.6 Å². The van der Waals surface area contributed by atoms with E-state index in [-0.39, 0.29) is 0 Å². The Kier molecular flexibility index (Phi) is 4.25. The summed E-state index contributed by atoms with van der Waals surface area (Å²) in [7, 11) is 4.31. The van der Waals surface area contributed by atoms with E-state index in [4.69, 9.17) is 0 Å². The Bertz CT molecular complexity index is 119. The summed E-state index contributed by atoms with van der Waals surface area (Å²) in [5.74, 6) is 1.56. The van der Waals surface area contributed by atoms with Gasteiger partial charge in [0.15, 0.2) is 0 Å². The monoisotopic (exact) mass is 171 g/mol. The third-order valence-electron chi connectivity index (χ3n) is 2.48. The van der Waals surface area contributed by atoms with Crippen LogP contribution in [0.15, 0.2) is 0 Å². The van der Waals surface area contributed by atoms with E-state index in [0.717, 1.165) is 11.8 Å². The molecule has 0 fully saturated rings. The van der Waals surface area contributed by atoms with Gasteiger partial charge in [0.1, 0.15) is 0 Å². The lowest BCUT2D eigenvalue weighted by Gasteiger charge is -2.36. The molecular weight excluding hydrogens is 146 g/mol. The van der Waals surface area contributed by atoms with Crippen molar-refractivity contribution in [1.29, 1.82) is 0 Å². The molecule has 0 aliphatic carbocycles. The molecule has 0 aromatic carbocycles. The molecule has 1 heteroatoms. The first kappa shape index (κ1) is 12.0. The Morgan fingerprint density at radius 1 is 1.08 bits per heavy atom. The summed E-state index contributed by atoms with van der Waals surface area (Å²) in [4.78, 5) is 2.29. The second-order valence-electron chi connectivity index (χ2n) is 5.48. The van der Waals surface area contributed by atoms with Crippen LogP contribution in [0.1, 0.15) is 34.6 Å². The van der Waals surface area contributed by atoms with Crippen LogP contribution >= 0.6 is 0 Å². The van der Waals surface area contributed by atoms with Gasteiger partial charge in [-0.2, -0.15) is 0 Å². The zero-order valence-corrected chi connectivity index (χ0v) is 9.81. The topological polar surface area (TPSA) is 3.24 Å². The van der Waals surface area contributed by atoms with Crippen LogP contribution in [0.25, 0.3) is 0 Å². The van der Waals surface area contributed by atoms with Crippen LogP contribution < -0.4 is 0 Å². The van der Waals surface area contributed by atoms with E-state index in [2.05, 4.69) is 53.6 Å². The summed E-state index contributed by atoms with van der Waals surface area (Å²) in [6, 6.07) is 0. The zero-order chi connectivity index (χ0) is 9.94. The van der Waals surface area contributed by atoms with Gasteiger partial charge in [-0.1, -0.05) is 34.6 Å². The fourth-order valence-electron chi connectivity index (χ4n) is 1.88. The lowest BCUT2D eigenvalue weighted by atomic mass is 9.74. The van der Waals surface area contributed by atoms with E-state index in [1.807, 2.05) is 0 Å². The normalized spacial score (nSPS) is 15.8. The molecule has 0 unspecified atom stereocenters. The lowest BCUT2D eigenvalue weighted by molar-refractivity contribution is 0.136. The lowest BCUT2D eigenvalue weighted by Crippen LogP contribution is -2.34. The smallest absolute Gasteiger partial charge is 0.00110 e. The number of nitrogens with zero attached hydrogens (tertiary/aromatic N) is 1. The molecule has 12 heavy (non-hydrogen) atoms. The Hall–Kier alpha value is -0.0400. The fraction of sp³-hybridized carbons (Fsp3) is 1.00. The second-order valence-corrected chi connectivity index (χ2v) is 5.48. The van der Waals surface area contributed by atoms with Gasteiger partial charge in [-0.3, -0.25) is 0 Å². The maximum atomic E-state index is 2.33. The van der Waals surface area contributed by atoms with E-state index in [1.165, 1.54) is 6.54 Å². The van der Waals surface area contributed by atoms with Crippen molar-refractivity contribution in [2.75, 3.05) is 20.6 Å². The van der Waals surface area contributed by atoms with Crippen LogP contribution in [0.3, 0.4) is 0 Å². The highest BCUT2D eigenvalue weighted by Gasteiger charge is 2.27. The average Bonchev–Trinajstić information content (AvgIpc) is 1.79. The standard InChI is InChI=1S/C11H25N/c1-9(2)10(8-12(6)7)11(3,4)5/h9-10H,8H2,1-7H3/t10-/m1/s1. The van der Waals surface area contributed by atoms with Crippen LogP contribution in [0, 0.1) is 17.3 Å². The Morgan fingerprint density at radius 2 is 1.50 bits per heavy atom. The summed E-state index contributed by atoms with van der Waals surface area (Å²) in [6.07, 6.45) is 0. The maximum Gasteiger partial charge on any atom is 0.00110 e. The first-order valence-electron chi connectivity index (χ1n) is 4.90. The molecule has 0 radical (unpaired) electrons.